The van der Waals surface area contributed by atoms with Crippen LogP contribution in [0.15, 0.2) is 23.8 Å². The Morgan fingerprint density at radius 2 is 2.00 bits per heavy atom. The maximum absolute atomic E-state index is 17.0. The summed E-state index contributed by atoms with van der Waals surface area (Å²) in [6.45, 7) is 3.80. The highest BCUT2D eigenvalue weighted by atomic mass is 31.2. The van der Waals surface area contributed by atoms with E-state index in [0.29, 0.717) is 18.4 Å². The maximum atomic E-state index is 17.0. The fourth-order valence-corrected chi connectivity index (χ4v) is 7.66. The fraction of sp³-hybridized carbons (Fsp3) is 0.727. The monoisotopic (exact) mass is 470 g/mol. The van der Waals surface area contributed by atoms with Gasteiger partial charge in [-0.1, -0.05) is 25.5 Å². The summed E-state index contributed by atoms with van der Waals surface area (Å²) in [5, 5.41) is 22.8. The lowest BCUT2D eigenvalue weighted by Gasteiger charge is -2.62. The first kappa shape index (κ1) is 23.9. The number of aliphatic hydroxyl groups excluding tert-OH is 1. The summed E-state index contributed by atoms with van der Waals surface area (Å²) in [5.41, 5.74) is -6.03. The normalized spacial score (nSPS) is 48.0. The summed E-state index contributed by atoms with van der Waals surface area (Å²) in [6, 6.07) is 0. The van der Waals surface area contributed by atoms with Crippen LogP contribution in [0.5, 0.6) is 0 Å². The molecule has 0 unspecified atom stereocenters. The molecule has 8 atom stereocenters. The highest BCUT2D eigenvalue weighted by Gasteiger charge is 2.75. The molecule has 3 saturated carbocycles. The van der Waals surface area contributed by atoms with E-state index in [4.69, 9.17) is 0 Å². The topological polar surface area (TPSA) is 147 Å². The van der Waals surface area contributed by atoms with E-state index in [1.807, 2.05) is 0 Å². The van der Waals surface area contributed by atoms with Crippen LogP contribution >= 0.6 is 7.82 Å². The summed E-state index contributed by atoms with van der Waals surface area (Å²) in [6.07, 6.45) is 3.54. The third kappa shape index (κ3) is 2.95. The predicted octanol–water partition coefficient (Wildman–Crippen LogP) is 0.749. The quantitative estimate of drug-likeness (QED) is 0.572. The number of phosphoric ester groups is 1. The summed E-state index contributed by atoms with van der Waals surface area (Å²) in [7, 11) is -5.43. The number of ketones is 2. The zero-order chi connectivity index (χ0) is 23.9. The van der Waals surface area contributed by atoms with Crippen molar-refractivity contribution in [2.75, 3.05) is 6.61 Å². The van der Waals surface area contributed by atoms with Gasteiger partial charge in [-0.15, -0.1) is 0 Å². The second kappa shape index (κ2) is 7.14. The van der Waals surface area contributed by atoms with Crippen LogP contribution in [0.1, 0.15) is 46.5 Å². The molecule has 10 heteroatoms. The molecule has 0 heterocycles. The molecule has 2 N–H and O–H groups in total. The van der Waals surface area contributed by atoms with Gasteiger partial charge in [0.15, 0.2) is 17.2 Å². The number of hydrogen-bond acceptors (Lipinski definition) is 8. The summed E-state index contributed by atoms with van der Waals surface area (Å²) >= 11 is 0. The summed E-state index contributed by atoms with van der Waals surface area (Å²) in [4.78, 5) is 46.6. The minimum absolute atomic E-state index is 0.224. The van der Waals surface area contributed by atoms with E-state index >= 15 is 4.39 Å². The van der Waals surface area contributed by atoms with E-state index in [-0.39, 0.29) is 18.6 Å². The zero-order valence-electron chi connectivity index (χ0n) is 18.2. The molecule has 0 spiro atoms. The number of carbonyl (C=O) groups is 2. The number of Topliss-reactive ketones (excluding diaryl/α,β-unsaturated/α-hetero) is 1. The molecule has 0 amide bonds. The van der Waals surface area contributed by atoms with E-state index in [1.165, 1.54) is 18.2 Å². The van der Waals surface area contributed by atoms with Crippen molar-refractivity contribution < 1.29 is 43.1 Å². The van der Waals surface area contributed by atoms with Crippen LogP contribution in [0.3, 0.4) is 0 Å². The van der Waals surface area contributed by atoms with Crippen LogP contribution in [-0.4, -0.2) is 45.8 Å². The Bertz CT molecular complexity index is 973. The predicted molar refractivity (Wildman–Crippen MR) is 106 cm³/mol. The molecule has 0 saturated heterocycles. The third-order valence-corrected chi connectivity index (χ3v) is 9.45. The lowest BCUT2D eigenvalue weighted by Crippen LogP contribution is -2.69. The maximum Gasteiger partial charge on any atom is 0.191 e. The first-order chi connectivity index (χ1) is 14.6. The van der Waals surface area contributed by atoms with Crippen molar-refractivity contribution in [3.63, 3.8) is 0 Å². The van der Waals surface area contributed by atoms with E-state index in [2.05, 4.69) is 4.52 Å². The van der Waals surface area contributed by atoms with Crippen molar-refractivity contribution in [2.45, 2.75) is 63.8 Å². The number of carbonyl (C=O) groups excluding carboxylic acids is 2. The van der Waals surface area contributed by atoms with E-state index in [1.54, 1.807) is 20.8 Å². The van der Waals surface area contributed by atoms with Crippen molar-refractivity contribution in [3.05, 3.63) is 23.8 Å². The smallest absolute Gasteiger partial charge is 0.191 e. The SMILES string of the molecule is C[C@H]1C[C@@H]2[C@H]3CCC4=CC(=O)C=C[C@@]4(C)[C@]3(F)[C@H](O)C[C@@]2(C)[C@]1(O)C(=O)COP(=O)([O-])[O-]. The van der Waals surface area contributed by atoms with Crippen LogP contribution in [0.4, 0.5) is 4.39 Å². The minimum Gasteiger partial charge on any atom is -0.790 e. The van der Waals surface area contributed by atoms with Crippen molar-refractivity contribution >= 4 is 19.4 Å². The van der Waals surface area contributed by atoms with Gasteiger partial charge in [-0.2, -0.15) is 0 Å². The molecule has 0 radical (unpaired) electrons. The molecule has 4 rings (SSSR count). The molecule has 0 aromatic heterocycles. The minimum atomic E-state index is -5.43. The van der Waals surface area contributed by atoms with Gasteiger partial charge in [0.2, 0.25) is 0 Å². The average Bonchev–Trinajstić information content (AvgIpc) is 2.89. The van der Waals surface area contributed by atoms with Crippen LogP contribution in [0.25, 0.3) is 0 Å². The third-order valence-electron chi connectivity index (χ3n) is 9.00. The van der Waals surface area contributed by atoms with Crippen LogP contribution in [0, 0.1) is 28.6 Å². The lowest BCUT2D eigenvalue weighted by molar-refractivity contribution is -0.341. The Morgan fingerprint density at radius 1 is 1.34 bits per heavy atom. The highest BCUT2D eigenvalue weighted by molar-refractivity contribution is 7.43. The molecule has 0 bridgehead atoms. The van der Waals surface area contributed by atoms with Gasteiger partial charge in [0, 0.05) is 16.7 Å². The van der Waals surface area contributed by atoms with Gasteiger partial charge in [-0.05, 0) is 56.6 Å². The molecular formula is C22H28FO8P-2. The number of allylic oxidation sites excluding steroid dienone is 4. The van der Waals surface area contributed by atoms with Crippen molar-refractivity contribution in [1.82, 2.24) is 0 Å². The van der Waals surface area contributed by atoms with Crippen molar-refractivity contribution in [3.8, 4) is 0 Å². The van der Waals surface area contributed by atoms with Gasteiger partial charge < -0.3 is 29.1 Å². The first-order valence-electron chi connectivity index (χ1n) is 10.8. The van der Waals surface area contributed by atoms with Gasteiger partial charge in [-0.3, -0.25) is 9.59 Å². The Labute approximate surface area is 185 Å². The standard InChI is InChI=1S/C22H30FO8P/c1-12-8-16-15-5-4-13-9-14(24)6-7-19(13,2)21(15,23)17(25)10-20(16,3)22(12,27)18(26)11-31-32(28,29)30/h6-7,9,12,15-17,25,27H,4-5,8,10-11H2,1-3H3,(H2,28,29,30)/p-2/t12-,15+,16+,17+,19+,20+,21+,22+/m0/s1. The number of rotatable bonds is 4. The molecule has 0 aromatic rings. The van der Waals surface area contributed by atoms with Crippen LogP contribution in [-0.2, 0) is 18.7 Å². The second-order valence-corrected chi connectivity index (χ2v) is 11.5. The number of hydrogen-bond donors (Lipinski definition) is 2. The molecule has 0 aliphatic heterocycles. The molecule has 8 nitrogen and oxygen atoms in total. The average molecular weight is 470 g/mol. The van der Waals surface area contributed by atoms with Gasteiger partial charge in [-0.25, -0.2) is 4.39 Å². The number of phosphoric acid groups is 1. The molecule has 178 valence electrons. The molecule has 4 aliphatic carbocycles. The van der Waals surface area contributed by atoms with Gasteiger partial charge >= 0.3 is 0 Å². The molecule has 3 fully saturated rings. The largest absolute Gasteiger partial charge is 0.790 e. The van der Waals surface area contributed by atoms with Gasteiger partial charge in [0.1, 0.15) is 12.2 Å². The van der Waals surface area contributed by atoms with Crippen molar-refractivity contribution in [2.24, 2.45) is 28.6 Å². The number of halogens is 1. The summed E-state index contributed by atoms with van der Waals surface area (Å²) < 4.78 is 32.0. The molecule has 0 aromatic carbocycles. The van der Waals surface area contributed by atoms with Crippen LogP contribution in [0.2, 0.25) is 0 Å². The highest BCUT2D eigenvalue weighted by Crippen LogP contribution is 2.70. The van der Waals surface area contributed by atoms with E-state index in [0.717, 1.165) is 0 Å². The zero-order valence-corrected chi connectivity index (χ0v) is 19.1. The Hall–Kier alpha value is -1.22. The van der Waals surface area contributed by atoms with Crippen LogP contribution < -0.4 is 9.79 Å². The number of alkyl halides is 1. The molecule has 4 aliphatic rings. The van der Waals surface area contributed by atoms with Gasteiger partial charge in [0.25, 0.3) is 0 Å². The first-order valence-corrected chi connectivity index (χ1v) is 12.3. The number of aliphatic hydroxyl groups is 2. The molecular weight excluding hydrogens is 442 g/mol. The number of fused-ring (bicyclic) bond motifs is 5. The van der Waals surface area contributed by atoms with E-state index < -0.39 is 66.2 Å². The second-order valence-electron chi connectivity index (χ2n) is 10.3. The Balaban J connectivity index is 1.74. The Morgan fingerprint density at radius 3 is 2.62 bits per heavy atom. The molecule has 32 heavy (non-hydrogen) atoms. The van der Waals surface area contributed by atoms with E-state index in [9.17, 15) is 34.2 Å². The lowest BCUT2D eigenvalue weighted by atomic mass is 9.44. The fourth-order valence-electron chi connectivity index (χ4n) is 7.39. The Kier molecular flexibility index (Phi) is 5.34. The van der Waals surface area contributed by atoms with Crippen molar-refractivity contribution in [1.29, 1.82) is 0 Å². The van der Waals surface area contributed by atoms with Gasteiger partial charge in [0.05, 0.1) is 13.9 Å². The summed E-state index contributed by atoms with van der Waals surface area (Å²) in [5.74, 6) is -3.06.